The number of rotatable bonds is 4. The molecule has 0 atom stereocenters. The minimum absolute atomic E-state index is 1.34. The average Bonchev–Trinajstić information content (AvgIpc) is 3.51. The number of hydrogen-bond donors (Lipinski definition) is 0. The van der Waals surface area contributed by atoms with Gasteiger partial charge in [-0.25, -0.2) is 0 Å². The van der Waals surface area contributed by atoms with Crippen molar-refractivity contribution in [1.29, 1.82) is 0 Å². The quantitative estimate of drug-likeness (QED) is 0.235. The normalized spacial score (nSPS) is 11.4. The summed E-state index contributed by atoms with van der Waals surface area (Å²) in [5, 5.41) is 0. The summed E-state index contributed by atoms with van der Waals surface area (Å²) in [4.78, 5) is 11.1. The number of aryl methyl sites for hydroxylation is 6. The summed E-state index contributed by atoms with van der Waals surface area (Å²) in [6.07, 6.45) is 0. The Kier molecular flexibility index (Phi) is 5.75. The van der Waals surface area contributed by atoms with Gasteiger partial charge in [-0.1, -0.05) is 0 Å². The molecular formula is C28H26S4. The van der Waals surface area contributed by atoms with Gasteiger partial charge in [0.25, 0.3) is 0 Å². The Morgan fingerprint density at radius 3 is 1.12 bits per heavy atom. The van der Waals surface area contributed by atoms with Crippen molar-refractivity contribution in [2.45, 2.75) is 41.5 Å². The first-order valence-electron chi connectivity index (χ1n) is 10.8. The molecule has 0 N–H and O–H groups in total. The van der Waals surface area contributed by atoms with E-state index in [1.54, 1.807) is 0 Å². The summed E-state index contributed by atoms with van der Waals surface area (Å²) in [5.41, 5.74) is 8.17. The molecule has 0 saturated heterocycles. The van der Waals surface area contributed by atoms with Gasteiger partial charge in [0.1, 0.15) is 0 Å². The van der Waals surface area contributed by atoms with Crippen LogP contribution in [0.2, 0.25) is 0 Å². The number of benzene rings is 1. The fourth-order valence-corrected chi connectivity index (χ4v) is 8.91. The van der Waals surface area contributed by atoms with Crippen LogP contribution in [0.5, 0.6) is 0 Å². The Morgan fingerprint density at radius 1 is 0.406 bits per heavy atom. The predicted molar refractivity (Wildman–Crippen MR) is 148 cm³/mol. The third-order valence-electron chi connectivity index (χ3n) is 5.84. The second-order valence-corrected chi connectivity index (χ2v) is 13.2. The molecule has 4 aromatic heterocycles. The van der Waals surface area contributed by atoms with E-state index in [4.69, 9.17) is 0 Å². The average molecular weight is 491 g/mol. The van der Waals surface area contributed by atoms with Crippen LogP contribution in [0.25, 0.3) is 40.4 Å². The number of thiophene rings is 4. The zero-order valence-electron chi connectivity index (χ0n) is 19.3. The Balaban J connectivity index is 1.50. The summed E-state index contributed by atoms with van der Waals surface area (Å²) in [5.74, 6) is 0. The summed E-state index contributed by atoms with van der Waals surface area (Å²) in [6, 6.07) is 18.5. The molecule has 5 rings (SSSR count). The largest absolute Gasteiger partial charge is 0.139 e. The molecule has 0 amide bonds. The van der Waals surface area contributed by atoms with Crippen LogP contribution < -0.4 is 0 Å². The molecule has 0 aliphatic heterocycles. The highest BCUT2D eigenvalue weighted by Crippen LogP contribution is 2.44. The Hall–Kier alpha value is -1.98. The molecule has 32 heavy (non-hydrogen) atoms. The molecule has 0 spiro atoms. The first-order valence-corrected chi connectivity index (χ1v) is 14.0. The lowest BCUT2D eigenvalue weighted by atomic mass is 9.98. The van der Waals surface area contributed by atoms with Gasteiger partial charge >= 0.3 is 0 Å². The van der Waals surface area contributed by atoms with E-state index in [1.807, 2.05) is 45.3 Å². The van der Waals surface area contributed by atoms with Crippen molar-refractivity contribution in [1.82, 2.24) is 0 Å². The van der Waals surface area contributed by atoms with Crippen molar-refractivity contribution in [3.8, 4) is 40.4 Å². The third-order valence-corrected chi connectivity index (χ3v) is 10.7. The van der Waals surface area contributed by atoms with Crippen LogP contribution in [0.15, 0.2) is 48.5 Å². The second kappa shape index (κ2) is 8.42. The molecular weight excluding hydrogens is 465 g/mol. The van der Waals surface area contributed by atoms with E-state index >= 15 is 0 Å². The van der Waals surface area contributed by atoms with Crippen LogP contribution in [0.4, 0.5) is 0 Å². The van der Waals surface area contributed by atoms with Gasteiger partial charge < -0.3 is 0 Å². The van der Waals surface area contributed by atoms with E-state index in [-0.39, 0.29) is 0 Å². The SMILES string of the molecule is Cc1cc(C)c(-c2ccc(-c3cc(C)c(-c4ccc(-c5sc(C)cc5C)s4)cc3C)s2)s1. The molecule has 4 heteroatoms. The first kappa shape index (κ1) is 21.8. The van der Waals surface area contributed by atoms with Gasteiger partial charge in [0.05, 0.1) is 0 Å². The van der Waals surface area contributed by atoms with E-state index in [2.05, 4.69) is 90.1 Å². The van der Waals surface area contributed by atoms with Gasteiger partial charge in [0.15, 0.2) is 0 Å². The molecule has 0 aliphatic carbocycles. The minimum Gasteiger partial charge on any atom is -0.139 e. The molecule has 162 valence electrons. The molecule has 0 nitrogen and oxygen atoms in total. The predicted octanol–water partition coefficient (Wildman–Crippen LogP) is 10.5. The highest BCUT2D eigenvalue weighted by molar-refractivity contribution is 7.24. The van der Waals surface area contributed by atoms with Crippen molar-refractivity contribution >= 4 is 45.3 Å². The van der Waals surface area contributed by atoms with Crippen LogP contribution in [0.1, 0.15) is 32.0 Å². The van der Waals surface area contributed by atoms with Crippen molar-refractivity contribution in [3.05, 3.63) is 80.5 Å². The molecule has 0 radical (unpaired) electrons. The zero-order chi connectivity index (χ0) is 22.6. The second-order valence-electron chi connectivity index (χ2n) is 8.55. The monoisotopic (exact) mass is 490 g/mol. The third kappa shape index (κ3) is 3.94. The maximum absolute atomic E-state index is 2.38. The van der Waals surface area contributed by atoms with Gasteiger partial charge in [-0.15, -0.1) is 45.3 Å². The highest BCUT2D eigenvalue weighted by atomic mass is 32.1. The lowest BCUT2D eigenvalue weighted by Crippen LogP contribution is -1.87. The molecule has 0 saturated carbocycles. The zero-order valence-corrected chi connectivity index (χ0v) is 22.5. The lowest BCUT2D eigenvalue weighted by molar-refractivity contribution is 1.41. The summed E-state index contributed by atoms with van der Waals surface area (Å²) >= 11 is 7.62. The maximum Gasteiger partial charge on any atom is 0.0474 e. The maximum atomic E-state index is 2.38. The van der Waals surface area contributed by atoms with E-state index in [0.717, 1.165) is 0 Å². The Morgan fingerprint density at radius 2 is 0.781 bits per heavy atom. The van der Waals surface area contributed by atoms with E-state index in [9.17, 15) is 0 Å². The van der Waals surface area contributed by atoms with Crippen molar-refractivity contribution in [3.63, 3.8) is 0 Å². The number of hydrogen-bond acceptors (Lipinski definition) is 4. The van der Waals surface area contributed by atoms with E-state index in [0.29, 0.717) is 0 Å². The lowest BCUT2D eigenvalue weighted by Gasteiger charge is -2.10. The molecule has 0 unspecified atom stereocenters. The molecule has 5 aromatic rings. The molecule has 0 fully saturated rings. The van der Waals surface area contributed by atoms with Crippen molar-refractivity contribution in [2.75, 3.05) is 0 Å². The standard InChI is InChI=1S/C28H26S4/c1-15-13-22(24-8-10-26(32-24)28-18(4)12-20(6)30-28)16(2)14-21(15)23-7-9-25(31-23)27-17(3)11-19(5)29-27/h7-14H,1-6H3. The summed E-state index contributed by atoms with van der Waals surface area (Å²) in [6.45, 7) is 13.3. The fourth-order valence-electron chi connectivity index (χ4n) is 4.33. The van der Waals surface area contributed by atoms with Crippen molar-refractivity contribution in [2.24, 2.45) is 0 Å². The van der Waals surface area contributed by atoms with E-state index < -0.39 is 0 Å². The topological polar surface area (TPSA) is 0 Å². The van der Waals surface area contributed by atoms with Gasteiger partial charge in [-0.05, 0) is 123 Å². The first-order chi connectivity index (χ1) is 15.3. The fraction of sp³-hybridized carbons (Fsp3) is 0.214. The van der Waals surface area contributed by atoms with Crippen LogP contribution in [-0.4, -0.2) is 0 Å². The van der Waals surface area contributed by atoms with Crippen LogP contribution in [0.3, 0.4) is 0 Å². The minimum atomic E-state index is 1.34. The molecule has 0 bridgehead atoms. The highest BCUT2D eigenvalue weighted by Gasteiger charge is 2.15. The molecule has 4 heterocycles. The summed E-state index contributed by atoms with van der Waals surface area (Å²) < 4.78 is 0. The molecule has 1 aromatic carbocycles. The Labute approximate surface area is 206 Å². The van der Waals surface area contributed by atoms with Crippen LogP contribution in [0, 0.1) is 41.5 Å². The Bertz CT molecular complexity index is 1320. The van der Waals surface area contributed by atoms with Gasteiger partial charge in [-0.3, -0.25) is 0 Å². The van der Waals surface area contributed by atoms with E-state index in [1.165, 1.54) is 72.4 Å². The van der Waals surface area contributed by atoms with Crippen molar-refractivity contribution < 1.29 is 0 Å². The molecule has 0 aliphatic rings. The van der Waals surface area contributed by atoms with Gasteiger partial charge in [0.2, 0.25) is 0 Å². The summed E-state index contributed by atoms with van der Waals surface area (Å²) in [7, 11) is 0. The van der Waals surface area contributed by atoms with Gasteiger partial charge in [-0.2, -0.15) is 0 Å². The van der Waals surface area contributed by atoms with Crippen LogP contribution in [-0.2, 0) is 0 Å². The smallest absolute Gasteiger partial charge is 0.0474 e. The van der Waals surface area contributed by atoms with Crippen LogP contribution >= 0.6 is 45.3 Å². The van der Waals surface area contributed by atoms with Gasteiger partial charge in [0, 0.05) is 39.0 Å².